The molecule has 132 valence electrons. The van der Waals surface area contributed by atoms with Crippen molar-refractivity contribution < 1.29 is 9.53 Å². The number of esters is 1. The van der Waals surface area contributed by atoms with Gasteiger partial charge >= 0.3 is 5.97 Å². The number of hydrogen-bond donors (Lipinski definition) is 0. The van der Waals surface area contributed by atoms with Crippen molar-refractivity contribution in [2.24, 2.45) is 0 Å². The molecule has 0 radical (unpaired) electrons. The molecule has 3 aromatic rings. The lowest BCUT2D eigenvalue weighted by Gasteiger charge is -2.23. The number of carbonyl (C=O) groups excluding carboxylic acids is 1. The van der Waals surface area contributed by atoms with E-state index in [-0.39, 0.29) is 5.97 Å². The number of thioether (sulfide) groups is 1. The Hall–Kier alpha value is -2.43. The van der Waals surface area contributed by atoms with Crippen molar-refractivity contribution in [1.29, 1.82) is 0 Å². The first-order valence-electron chi connectivity index (χ1n) is 8.05. The number of aromatic nitrogens is 2. The molecule has 3 rings (SSSR count). The standard InChI is InChI=1S/C19H17N3O2S2/c1-5-24-18(23)19(2,3)25-15-11-10-14-17(22-26-21-14)16(15)12-6-8-13(20-4)9-7-12/h6-11H,5H2,1-3H3. The summed E-state index contributed by atoms with van der Waals surface area (Å²) >= 11 is 2.61. The van der Waals surface area contributed by atoms with Crippen LogP contribution in [0.2, 0.25) is 0 Å². The van der Waals surface area contributed by atoms with Crippen LogP contribution in [0.1, 0.15) is 20.8 Å². The normalized spacial score (nSPS) is 11.3. The van der Waals surface area contributed by atoms with Crippen molar-refractivity contribution in [1.82, 2.24) is 8.75 Å². The summed E-state index contributed by atoms with van der Waals surface area (Å²) in [5, 5.41) is 0. The van der Waals surface area contributed by atoms with Gasteiger partial charge in [0.2, 0.25) is 0 Å². The van der Waals surface area contributed by atoms with Gasteiger partial charge in [0.05, 0.1) is 24.9 Å². The molecule has 5 nitrogen and oxygen atoms in total. The fourth-order valence-electron chi connectivity index (χ4n) is 2.52. The van der Waals surface area contributed by atoms with Gasteiger partial charge in [-0.1, -0.05) is 24.3 Å². The Bertz CT molecular complexity index is 988. The molecule has 0 fully saturated rings. The quantitative estimate of drug-likeness (QED) is 0.338. The number of carbonyl (C=O) groups is 1. The summed E-state index contributed by atoms with van der Waals surface area (Å²) in [6, 6.07) is 11.3. The van der Waals surface area contributed by atoms with E-state index in [1.54, 1.807) is 19.1 Å². The first-order chi connectivity index (χ1) is 12.5. The lowest BCUT2D eigenvalue weighted by Crippen LogP contribution is -2.30. The van der Waals surface area contributed by atoms with Crippen LogP contribution in [0.15, 0.2) is 41.3 Å². The Morgan fingerprint density at radius 1 is 1.23 bits per heavy atom. The van der Waals surface area contributed by atoms with Crippen LogP contribution in [0.5, 0.6) is 0 Å². The van der Waals surface area contributed by atoms with Gasteiger partial charge in [0.15, 0.2) is 5.69 Å². The molecule has 0 spiro atoms. The fourth-order valence-corrected chi connectivity index (χ4v) is 4.21. The van der Waals surface area contributed by atoms with E-state index in [4.69, 9.17) is 11.3 Å². The molecule has 0 saturated heterocycles. The minimum atomic E-state index is -0.738. The highest BCUT2D eigenvalue weighted by Gasteiger charge is 2.32. The van der Waals surface area contributed by atoms with E-state index >= 15 is 0 Å². The highest BCUT2D eigenvalue weighted by molar-refractivity contribution is 8.01. The largest absolute Gasteiger partial charge is 0.465 e. The van der Waals surface area contributed by atoms with Crippen molar-refractivity contribution in [2.75, 3.05) is 6.61 Å². The maximum atomic E-state index is 12.3. The average molecular weight is 383 g/mol. The molecular formula is C19H17N3O2S2. The zero-order chi connectivity index (χ0) is 18.7. The highest BCUT2D eigenvalue weighted by atomic mass is 32.2. The molecule has 0 unspecified atom stereocenters. The molecule has 0 saturated carbocycles. The van der Waals surface area contributed by atoms with Crippen LogP contribution in [-0.2, 0) is 9.53 Å². The lowest BCUT2D eigenvalue weighted by atomic mass is 10.0. The summed E-state index contributed by atoms with van der Waals surface area (Å²) in [5.74, 6) is -0.254. The van der Waals surface area contributed by atoms with E-state index in [1.165, 1.54) is 11.8 Å². The third-order valence-corrected chi connectivity index (χ3v) is 5.59. The molecule has 2 aromatic carbocycles. The van der Waals surface area contributed by atoms with Crippen molar-refractivity contribution in [3.63, 3.8) is 0 Å². The second-order valence-electron chi connectivity index (χ2n) is 6.06. The molecule has 0 aliphatic carbocycles. The van der Waals surface area contributed by atoms with Crippen molar-refractivity contribution in [3.05, 3.63) is 47.8 Å². The molecule has 0 amide bonds. The number of ether oxygens (including phenoxy) is 1. The Morgan fingerprint density at radius 2 is 1.96 bits per heavy atom. The van der Waals surface area contributed by atoms with Gasteiger partial charge < -0.3 is 4.74 Å². The summed E-state index contributed by atoms with van der Waals surface area (Å²) in [7, 11) is 0. The second kappa shape index (κ2) is 7.44. The zero-order valence-corrected chi connectivity index (χ0v) is 16.3. The van der Waals surface area contributed by atoms with E-state index < -0.39 is 4.75 Å². The van der Waals surface area contributed by atoms with Gasteiger partial charge in [-0.25, -0.2) is 4.85 Å². The molecule has 1 heterocycles. The van der Waals surface area contributed by atoms with Crippen LogP contribution in [0.25, 0.3) is 27.0 Å². The molecule has 0 N–H and O–H groups in total. The topological polar surface area (TPSA) is 56.4 Å². The number of fused-ring (bicyclic) bond motifs is 1. The van der Waals surface area contributed by atoms with Crippen molar-refractivity contribution in [2.45, 2.75) is 30.4 Å². The van der Waals surface area contributed by atoms with E-state index in [1.807, 2.05) is 38.1 Å². The Kier molecular flexibility index (Phi) is 5.25. The van der Waals surface area contributed by atoms with Crippen LogP contribution >= 0.6 is 23.5 Å². The molecule has 1 aromatic heterocycles. The van der Waals surface area contributed by atoms with Crippen LogP contribution in [0, 0.1) is 6.57 Å². The molecular weight excluding hydrogens is 366 g/mol. The van der Waals surface area contributed by atoms with Gasteiger partial charge in [-0.2, -0.15) is 8.75 Å². The fraction of sp³-hybridized carbons (Fsp3) is 0.263. The minimum absolute atomic E-state index is 0.254. The lowest BCUT2D eigenvalue weighted by molar-refractivity contribution is -0.145. The summed E-state index contributed by atoms with van der Waals surface area (Å²) in [4.78, 5) is 16.7. The summed E-state index contributed by atoms with van der Waals surface area (Å²) in [5.41, 5.74) is 4.07. The van der Waals surface area contributed by atoms with Gasteiger partial charge in [0.25, 0.3) is 0 Å². The monoisotopic (exact) mass is 383 g/mol. The van der Waals surface area contributed by atoms with Gasteiger partial charge in [0, 0.05) is 10.5 Å². The van der Waals surface area contributed by atoms with Crippen LogP contribution in [0.3, 0.4) is 0 Å². The summed E-state index contributed by atoms with van der Waals surface area (Å²) < 4.78 is 13.2. The molecule has 7 heteroatoms. The maximum Gasteiger partial charge on any atom is 0.321 e. The number of rotatable bonds is 5. The smallest absolute Gasteiger partial charge is 0.321 e. The molecule has 26 heavy (non-hydrogen) atoms. The molecule has 0 aliphatic rings. The predicted molar refractivity (Wildman–Crippen MR) is 106 cm³/mol. The Labute approximate surface area is 160 Å². The third kappa shape index (κ3) is 3.57. The van der Waals surface area contributed by atoms with Crippen molar-refractivity contribution >= 4 is 46.2 Å². The first-order valence-corrected chi connectivity index (χ1v) is 9.60. The minimum Gasteiger partial charge on any atom is -0.465 e. The number of benzene rings is 2. The average Bonchev–Trinajstić information content (AvgIpc) is 3.10. The molecule has 0 bridgehead atoms. The van der Waals surface area contributed by atoms with Crippen LogP contribution in [-0.4, -0.2) is 26.1 Å². The van der Waals surface area contributed by atoms with Crippen LogP contribution in [0.4, 0.5) is 5.69 Å². The predicted octanol–water partition coefficient (Wildman–Crippen LogP) is 5.34. The van der Waals surface area contributed by atoms with E-state index in [2.05, 4.69) is 13.6 Å². The first kappa shape index (κ1) is 18.4. The van der Waals surface area contributed by atoms with E-state index in [0.29, 0.717) is 12.3 Å². The molecule has 0 aliphatic heterocycles. The SMILES string of the molecule is [C-]#[N+]c1ccc(-c2c(SC(C)(C)C(=O)OCC)ccc3nsnc23)cc1. The Morgan fingerprint density at radius 3 is 2.62 bits per heavy atom. The third-order valence-electron chi connectivity index (χ3n) is 3.81. The second-order valence-corrected chi connectivity index (χ2v) is 8.26. The van der Waals surface area contributed by atoms with Gasteiger partial charge in [-0.05, 0) is 38.5 Å². The maximum absolute atomic E-state index is 12.3. The summed E-state index contributed by atoms with van der Waals surface area (Å²) in [6.45, 7) is 13.0. The van der Waals surface area contributed by atoms with Gasteiger partial charge in [-0.15, -0.1) is 11.8 Å². The van der Waals surface area contributed by atoms with Crippen LogP contribution < -0.4 is 0 Å². The van der Waals surface area contributed by atoms with E-state index in [0.717, 1.165) is 38.8 Å². The number of hydrogen-bond acceptors (Lipinski definition) is 6. The zero-order valence-electron chi connectivity index (χ0n) is 14.6. The summed E-state index contributed by atoms with van der Waals surface area (Å²) in [6.07, 6.45) is 0. The Balaban J connectivity index is 2.11. The van der Waals surface area contributed by atoms with E-state index in [9.17, 15) is 4.79 Å². The van der Waals surface area contributed by atoms with Gasteiger partial charge in [0.1, 0.15) is 15.8 Å². The number of nitrogens with zero attached hydrogens (tertiary/aromatic N) is 3. The molecule has 0 atom stereocenters. The van der Waals surface area contributed by atoms with Crippen molar-refractivity contribution in [3.8, 4) is 11.1 Å². The highest BCUT2D eigenvalue weighted by Crippen LogP contribution is 2.42. The van der Waals surface area contributed by atoms with Gasteiger partial charge in [-0.3, -0.25) is 4.79 Å².